The second kappa shape index (κ2) is 10.3. The van der Waals surface area contributed by atoms with Crippen LogP contribution in [0.1, 0.15) is 23.2 Å². The fourth-order valence-corrected chi connectivity index (χ4v) is 4.47. The van der Waals surface area contributed by atoms with E-state index >= 15 is 0 Å². The molecule has 0 bridgehead atoms. The van der Waals surface area contributed by atoms with Gasteiger partial charge in [-0.3, -0.25) is 9.59 Å². The minimum Gasteiger partial charge on any atom is -0.496 e. The molecule has 1 fully saturated rings. The number of benzene rings is 2. The molecule has 1 aliphatic carbocycles. The maximum absolute atomic E-state index is 13.0. The van der Waals surface area contributed by atoms with Gasteiger partial charge in [0.15, 0.2) is 5.82 Å². The van der Waals surface area contributed by atoms with Gasteiger partial charge in [0.2, 0.25) is 5.91 Å². The molecule has 0 spiro atoms. The van der Waals surface area contributed by atoms with Gasteiger partial charge in [0.1, 0.15) is 23.3 Å². The zero-order valence-corrected chi connectivity index (χ0v) is 21.0. The summed E-state index contributed by atoms with van der Waals surface area (Å²) in [6, 6.07) is 12.6. The number of methoxy groups -OCH3 is 2. The first kappa shape index (κ1) is 24.9. The predicted molar refractivity (Wildman–Crippen MR) is 143 cm³/mol. The number of nitrogens with zero attached hydrogens (tertiary/aromatic N) is 4. The number of hydrogen-bond donors (Lipinski definition) is 3. The fraction of sp³-hybridized carbons (Fsp3) is 0.222. The van der Waals surface area contributed by atoms with Crippen LogP contribution in [0.4, 0.5) is 11.5 Å². The van der Waals surface area contributed by atoms with Crippen molar-refractivity contribution in [3.63, 3.8) is 0 Å². The Hall–Kier alpha value is -4.77. The number of anilines is 2. The number of ether oxygens (including phenoxy) is 2. The van der Waals surface area contributed by atoms with Crippen LogP contribution in [0.3, 0.4) is 0 Å². The second-order valence-electron chi connectivity index (χ2n) is 8.89. The number of fused-ring (bicyclic) bond motifs is 1. The van der Waals surface area contributed by atoms with E-state index in [0.29, 0.717) is 33.8 Å². The summed E-state index contributed by atoms with van der Waals surface area (Å²) >= 11 is 0. The predicted octanol–water partition coefficient (Wildman–Crippen LogP) is 3.08. The van der Waals surface area contributed by atoms with Crippen LogP contribution in [0.25, 0.3) is 27.9 Å². The normalized spacial score (nSPS) is 16.5. The quantitative estimate of drug-likeness (QED) is 0.305. The van der Waals surface area contributed by atoms with Gasteiger partial charge >= 0.3 is 0 Å². The molecule has 0 atom stereocenters. The summed E-state index contributed by atoms with van der Waals surface area (Å²) in [5, 5.41) is 14.7. The Morgan fingerprint density at radius 1 is 1.13 bits per heavy atom. The lowest BCUT2D eigenvalue weighted by molar-refractivity contribution is -0.111. The molecule has 4 aromatic rings. The van der Waals surface area contributed by atoms with E-state index in [4.69, 9.17) is 15.2 Å². The minimum atomic E-state index is -0.304. The van der Waals surface area contributed by atoms with Gasteiger partial charge in [0.25, 0.3) is 5.91 Å². The molecule has 1 saturated carbocycles. The summed E-state index contributed by atoms with van der Waals surface area (Å²) in [6.45, 7) is 3.47. The SMILES string of the molecule is C=CC(=O)Nc1ccc(-c2nn3ncnc(N)c3c2-c2ccc(C(=O)NC3CC(OC)C3)c(OC)c2)cc1. The average molecular weight is 514 g/mol. The smallest absolute Gasteiger partial charge is 0.255 e. The van der Waals surface area contributed by atoms with E-state index in [9.17, 15) is 9.59 Å². The summed E-state index contributed by atoms with van der Waals surface area (Å²) < 4.78 is 12.3. The molecule has 2 heterocycles. The highest BCUT2D eigenvalue weighted by Crippen LogP contribution is 2.39. The van der Waals surface area contributed by atoms with Crippen LogP contribution >= 0.6 is 0 Å². The van der Waals surface area contributed by atoms with Gasteiger partial charge in [-0.2, -0.15) is 0 Å². The van der Waals surface area contributed by atoms with Crippen molar-refractivity contribution >= 4 is 28.8 Å². The molecule has 194 valence electrons. The number of nitrogen functional groups attached to an aromatic ring is 1. The number of nitrogens with two attached hydrogens (primary N) is 1. The Morgan fingerprint density at radius 3 is 2.55 bits per heavy atom. The highest BCUT2D eigenvalue weighted by Gasteiger charge is 2.31. The maximum Gasteiger partial charge on any atom is 0.255 e. The molecule has 0 unspecified atom stereocenters. The van der Waals surface area contributed by atoms with Crippen LogP contribution in [0.5, 0.6) is 5.75 Å². The zero-order chi connectivity index (χ0) is 26.8. The largest absolute Gasteiger partial charge is 0.496 e. The number of aromatic nitrogens is 4. The number of carbonyl (C=O) groups is 2. The van der Waals surface area contributed by atoms with Crippen molar-refractivity contribution in [2.24, 2.45) is 0 Å². The van der Waals surface area contributed by atoms with E-state index in [1.54, 1.807) is 31.4 Å². The third kappa shape index (κ3) is 4.66. The lowest BCUT2D eigenvalue weighted by atomic mass is 9.89. The van der Waals surface area contributed by atoms with Gasteiger partial charge in [0.05, 0.1) is 18.8 Å². The molecule has 1 aliphatic rings. The van der Waals surface area contributed by atoms with Crippen LogP contribution in [-0.4, -0.2) is 58.0 Å². The van der Waals surface area contributed by atoms with Crippen molar-refractivity contribution < 1.29 is 19.1 Å². The summed E-state index contributed by atoms with van der Waals surface area (Å²) in [4.78, 5) is 28.8. The molecule has 11 nitrogen and oxygen atoms in total. The monoisotopic (exact) mass is 513 g/mol. The van der Waals surface area contributed by atoms with E-state index in [2.05, 4.69) is 32.4 Å². The van der Waals surface area contributed by atoms with Crippen LogP contribution < -0.4 is 21.1 Å². The number of nitrogens with one attached hydrogen (secondary N) is 2. The van der Waals surface area contributed by atoms with Crippen LogP contribution in [0.15, 0.2) is 61.4 Å². The summed E-state index contributed by atoms with van der Waals surface area (Å²) in [6.07, 6.45) is 4.28. The van der Waals surface area contributed by atoms with E-state index in [0.717, 1.165) is 24.0 Å². The van der Waals surface area contributed by atoms with E-state index in [-0.39, 0.29) is 29.8 Å². The Labute approximate surface area is 218 Å². The molecule has 2 amide bonds. The van der Waals surface area contributed by atoms with Gasteiger partial charge < -0.3 is 25.8 Å². The van der Waals surface area contributed by atoms with Crippen molar-refractivity contribution in [1.82, 2.24) is 25.1 Å². The van der Waals surface area contributed by atoms with Gasteiger partial charge in [-0.05, 0) is 48.7 Å². The first-order valence-electron chi connectivity index (χ1n) is 12.0. The van der Waals surface area contributed by atoms with Gasteiger partial charge in [0, 0.05) is 30.0 Å². The van der Waals surface area contributed by atoms with Crippen LogP contribution in [0.2, 0.25) is 0 Å². The van der Waals surface area contributed by atoms with Crippen molar-refractivity contribution in [2.75, 3.05) is 25.3 Å². The molecule has 0 aliphatic heterocycles. The van der Waals surface area contributed by atoms with E-state index < -0.39 is 0 Å². The van der Waals surface area contributed by atoms with Crippen molar-refractivity contribution in [1.29, 1.82) is 0 Å². The number of hydrogen-bond acceptors (Lipinski definition) is 8. The standard InChI is InChI=1S/C27H27N7O4/c1-4-22(35)31-17-8-5-15(6-9-17)24-23(25-26(28)29-14-30-34(25)33-24)16-7-10-20(21(11-16)38-3)27(36)32-18-12-19(13-18)37-2/h4-11,14,18-19H,1,12-13H2,2-3H3,(H,31,35)(H,32,36)(H2,28,29,30). The molecular weight excluding hydrogens is 486 g/mol. The molecule has 38 heavy (non-hydrogen) atoms. The molecule has 0 radical (unpaired) electrons. The highest BCUT2D eigenvalue weighted by atomic mass is 16.5. The third-order valence-electron chi connectivity index (χ3n) is 6.58. The Kier molecular flexibility index (Phi) is 6.75. The van der Waals surface area contributed by atoms with Crippen LogP contribution in [-0.2, 0) is 9.53 Å². The molecule has 11 heteroatoms. The Bertz CT molecular complexity index is 1520. The second-order valence-corrected chi connectivity index (χ2v) is 8.89. The van der Waals surface area contributed by atoms with Crippen molar-refractivity contribution in [2.45, 2.75) is 25.0 Å². The summed E-state index contributed by atoms with van der Waals surface area (Å²) in [5.74, 6) is 0.141. The lowest BCUT2D eigenvalue weighted by Crippen LogP contribution is -2.47. The molecule has 5 rings (SSSR count). The van der Waals surface area contributed by atoms with Gasteiger partial charge in [-0.25, -0.2) is 4.98 Å². The Morgan fingerprint density at radius 2 is 1.87 bits per heavy atom. The molecule has 0 saturated heterocycles. The topological polar surface area (TPSA) is 146 Å². The maximum atomic E-state index is 13.0. The molecule has 2 aromatic carbocycles. The zero-order valence-electron chi connectivity index (χ0n) is 21.0. The first-order valence-corrected chi connectivity index (χ1v) is 12.0. The van der Waals surface area contributed by atoms with Crippen molar-refractivity contribution in [3.8, 4) is 28.1 Å². The van der Waals surface area contributed by atoms with Crippen molar-refractivity contribution in [3.05, 3.63) is 67.0 Å². The summed E-state index contributed by atoms with van der Waals surface area (Å²) in [5.41, 5.74) is 10.6. The fourth-order valence-electron chi connectivity index (χ4n) is 4.47. The highest BCUT2D eigenvalue weighted by molar-refractivity contribution is 6.01. The Balaban J connectivity index is 1.54. The molecule has 4 N–H and O–H groups in total. The molecule has 2 aromatic heterocycles. The minimum absolute atomic E-state index is 0.0687. The lowest BCUT2D eigenvalue weighted by Gasteiger charge is -2.34. The van der Waals surface area contributed by atoms with Crippen LogP contribution in [0, 0.1) is 0 Å². The third-order valence-corrected chi connectivity index (χ3v) is 6.58. The number of amides is 2. The van der Waals surface area contributed by atoms with Gasteiger partial charge in [-0.1, -0.05) is 24.8 Å². The number of carbonyl (C=O) groups excluding carboxylic acids is 2. The first-order chi connectivity index (χ1) is 18.4. The van der Waals surface area contributed by atoms with E-state index in [1.165, 1.54) is 24.1 Å². The molecular formula is C27H27N7O4. The van der Waals surface area contributed by atoms with Gasteiger partial charge in [-0.15, -0.1) is 14.8 Å². The van der Waals surface area contributed by atoms with E-state index in [1.807, 2.05) is 18.2 Å². The number of rotatable bonds is 8. The summed E-state index contributed by atoms with van der Waals surface area (Å²) in [7, 11) is 3.19. The average Bonchev–Trinajstić information content (AvgIpc) is 3.31.